The van der Waals surface area contributed by atoms with Crippen LogP contribution in [0.5, 0.6) is 0 Å². The number of benzene rings is 1. The van der Waals surface area contributed by atoms with Crippen molar-refractivity contribution in [3.63, 3.8) is 0 Å². The second-order valence-corrected chi connectivity index (χ2v) is 5.72. The molecule has 0 aliphatic carbocycles. The van der Waals surface area contributed by atoms with Crippen molar-refractivity contribution in [1.29, 1.82) is 0 Å². The van der Waals surface area contributed by atoms with E-state index in [1.165, 1.54) is 0 Å². The van der Waals surface area contributed by atoms with Crippen molar-refractivity contribution in [3.8, 4) is 0 Å². The number of ether oxygens (including phenoxy) is 2. The van der Waals surface area contributed by atoms with Crippen LogP contribution in [-0.4, -0.2) is 35.9 Å². The molecule has 1 aromatic rings. The van der Waals surface area contributed by atoms with E-state index >= 15 is 0 Å². The normalized spacial score (nSPS) is 13.3. The van der Waals surface area contributed by atoms with Crippen molar-refractivity contribution < 1.29 is 19.1 Å². The molecule has 0 aliphatic heterocycles. The van der Waals surface area contributed by atoms with Gasteiger partial charge in [-0.25, -0.2) is 0 Å². The van der Waals surface area contributed by atoms with Gasteiger partial charge >= 0.3 is 11.9 Å². The molecule has 1 aromatic carbocycles. The maximum atomic E-state index is 11.5. The molecule has 0 saturated carbocycles. The molecule has 2 unspecified atom stereocenters. The molecule has 0 fully saturated rings. The molecule has 0 spiro atoms. The smallest absolute Gasteiger partial charge is 0.324 e. The highest BCUT2D eigenvalue weighted by atomic mass is 35.5. The van der Waals surface area contributed by atoms with E-state index in [0.717, 1.165) is 11.1 Å². The zero-order valence-electron chi connectivity index (χ0n) is 12.7. The number of carbonyl (C=O) groups excluding carboxylic acids is 2. The Kier molecular flexibility index (Phi) is 8.28. The quantitative estimate of drug-likeness (QED) is 0.536. The van der Waals surface area contributed by atoms with E-state index < -0.39 is 22.7 Å². The Hall–Kier alpha value is -1.26. The zero-order chi connectivity index (χ0) is 16.5. The van der Waals surface area contributed by atoms with Gasteiger partial charge in [0.25, 0.3) is 0 Å². The van der Waals surface area contributed by atoms with E-state index in [1.54, 1.807) is 13.8 Å². The van der Waals surface area contributed by atoms with Gasteiger partial charge in [0, 0.05) is 0 Å². The summed E-state index contributed by atoms with van der Waals surface area (Å²) in [5, 5.41) is -1.46. The summed E-state index contributed by atoms with van der Waals surface area (Å²) in [7, 11) is 0. The number of halogens is 2. The molecule has 2 atom stereocenters. The Balaban J connectivity index is 2.66. The lowest BCUT2D eigenvalue weighted by Crippen LogP contribution is -2.21. The number of rotatable bonds is 8. The SMILES string of the molecule is CCOC(=O)C(Cl)Cc1cccc(CC(Cl)C(=O)OCC)c1. The highest BCUT2D eigenvalue weighted by Crippen LogP contribution is 2.15. The van der Waals surface area contributed by atoms with E-state index in [0.29, 0.717) is 26.1 Å². The molecule has 0 amide bonds. The van der Waals surface area contributed by atoms with Gasteiger partial charge in [0.15, 0.2) is 0 Å². The van der Waals surface area contributed by atoms with Gasteiger partial charge < -0.3 is 9.47 Å². The van der Waals surface area contributed by atoms with E-state index in [1.807, 2.05) is 24.3 Å². The van der Waals surface area contributed by atoms with Gasteiger partial charge in [-0.05, 0) is 37.8 Å². The average Bonchev–Trinajstić information content (AvgIpc) is 2.48. The first-order chi connectivity index (χ1) is 10.5. The first kappa shape index (κ1) is 18.8. The molecular weight excluding hydrogens is 327 g/mol. The zero-order valence-corrected chi connectivity index (χ0v) is 14.2. The minimum absolute atomic E-state index is 0.301. The molecule has 1 rings (SSSR count). The molecule has 0 aliphatic rings. The van der Waals surface area contributed by atoms with E-state index in [2.05, 4.69) is 0 Å². The molecule has 0 saturated heterocycles. The Bertz CT molecular complexity index is 463. The van der Waals surface area contributed by atoms with Crippen molar-refractivity contribution >= 4 is 35.1 Å². The monoisotopic (exact) mass is 346 g/mol. The third kappa shape index (κ3) is 6.24. The summed E-state index contributed by atoms with van der Waals surface area (Å²) in [6.07, 6.45) is 0.723. The predicted molar refractivity (Wildman–Crippen MR) is 86.4 cm³/mol. The molecule has 0 bridgehead atoms. The van der Waals surface area contributed by atoms with Crippen molar-refractivity contribution in [2.45, 2.75) is 37.4 Å². The molecular formula is C16H20Cl2O4. The molecule has 0 radical (unpaired) electrons. The molecule has 4 nitrogen and oxygen atoms in total. The lowest BCUT2D eigenvalue weighted by Gasteiger charge is -2.11. The first-order valence-corrected chi connectivity index (χ1v) is 8.04. The highest BCUT2D eigenvalue weighted by Gasteiger charge is 2.19. The first-order valence-electron chi connectivity index (χ1n) is 7.17. The topological polar surface area (TPSA) is 52.6 Å². The molecule has 122 valence electrons. The maximum absolute atomic E-state index is 11.5. The second-order valence-electron chi connectivity index (χ2n) is 4.67. The van der Waals surface area contributed by atoms with Crippen molar-refractivity contribution in [3.05, 3.63) is 35.4 Å². The number of esters is 2. The Morgan fingerprint density at radius 2 is 1.36 bits per heavy atom. The fourth-order valence-electron chi connectivity index (χ4n) is 1.93. The fourth-order valence-corrected chi connectivity index (χ4v) is 2.41. The summed E-state index contributed by atoms with van der Waals surface area (Å²) in [4.78, 5) is 23.1. The minimum Gasteiger partial charge on any atom is -0.465 e. The molecule has 6 heteroatoms. The Morgan fingerprint density at radius 3 is 1.73 bits per heavy atom. The van der Waals surface area contributed by atoms with Crippen LogP contribution < -0.4 is 0 Å². The van der Waals surface area contributed by atoms with Crippen LogP contribution in [0.25, 0.3) is 0 Å². The summed E-state index contributed by atoms with van der Waals surface area (Å²) >= 11 is 12.0. The summed E-state index contributed by atoms with van der Waals surface area (Å²) < 4.78 is 9.75. The number of alkyl halides is 2. The van der Waals surface area contributed by atoms with Crippen LogP contribution >= 0.6 is 23.2 Å². The van der Waals surface area contributed by atoms with Crippen LogP contribution in [-0.2, 0) is 31.9 Å². The Labute approximate surface area is 140 Å². The van der Waals surface area contributed by atoms with E-state index in [-0.39, 0.29) is 0 Å². The van der Waals surface area contributed by atoms with Crippen LogP contribution in [0.1, 0.15) is 25.0 Å². The second kappa shape index (κ2) is 9.70. The van der Waals surface area contributed by atoms with Gasteiger partial charge in [-0.15, -0.1) is 23.2 Å². The third-order valence-corrected chi connectivity index (χ3v) is 3.57. The van der Waals surface area contributed by atoms with Crippen LogP contribution in [0.4, 0.5) is 0 Å². The lowest BCUT2D eigenvalue weighted by molar-refractivity contribution is -0.143. The van der Waals surface area contributed by atoms with Crippen molar-refractivity contribution in [2.75, 3.05) is 13.2 Å². The number of carbonyl (C=O) groups is 2. The fraction of sp³-hybridized carbons (Fsp3) is 0.500. The van der Waals surface area contributed by atoms with Gasteiger partial charge in [0.05, 0.1) is 13.2 Å². The van der Waals surface area contributed by atoms with Gasteiger partial charge in [-0.2, -0.15) is 0 Å². The minimum atomic E-state index is -0.730. The van der Waals surface area contributed by atoms with E-state index in [9.17, 15) is 9.59 Å². The maximum Gasteiger partial charge on any atom is 0.324 e. The summed E-state index contributed by atoms with van der Waals surface area (Å²) in [5.41, 5.74) is 1.77. The van der Waals surface area contributed by atoms with Crippen molar-refractivity contribution in [2.24, 2.45) is 0 Å². The Morgan fingerprint density at radius 1 is 0.955 bits per heavy atom. The van der Waals surface area contributed by atoms with Gasteiger partial charge in [0.2, 0.25) is 0 Å². The summed E-state index contributed by atoms with van der Waals surface area (Å²) in [6, 6.07) is 7.45. The molecule has 0 aromatic heterocycles. The third-order valence-electron chi connectivity index (χ3n) is 2.91. The number of hydrogen-bond acceptors (Lipinski definition) is 4. The number of hydrogen-bond donors (Lipinski definition) is 0. The van der Waals surface area contributed by atoms with Crippen LogP contribution in [0.15, 0.2) is 24.3 Å². The van der Waals surface area contributed by atoms with Crippen LogP contribution in [0, 0.1) is 0 Å². The average molecular weight is 347 g/mol. The molecule has 22 heavy (non-hydrogen) atoms. The molecule has 0 heterocycles. The predicted octanol–water partition coefficient (Wildman–Crippen LogP) is 3.11. The van der Waals surface area contributed by atoms with Gasteiger partial charge in [0.1, 0.15) is 10.8 Å². The largest absolute Gasteiger partial charge is 0.465 e. The summed E-state index contributed by atoms with van der Waals surface area (Å²) in [6.45, 7) is 4.07. The summed E-state index contributed by atoms with van der Waals surface area (Å²) in [5.74, 6) is -0.868. The van der Waals surface area contributed by atoms with E-state index in [4.69, 9.17) is 32.7 Å². The highest BCUT2D eigenvalue weighted by molar-refractivity contribution is 6.30. The standard InChI is InChI=1S/C16H20Cl2O4/c1-3-21-15(19)13(17)9-11-6-5-7-12(8-11)10-14(18)16(20)22-4-2/h5-8,13-14H,3-4,9-10H2,1-2H3. The van der Waals surface area contributed by atoms with Gasteiger partial charge in [-0.3, -0.25) is 9.59 Å². The molecule has 0 N–H and O–H groups in total. The van der Waals surface area contributed by atoms with Crippen molar-refractivity contribution in [1.82, 2.24) is 0 Å². The van der Waals surface area contributed by atoms with Gasteiger partial charge in [-0.1, -0.05) is 24.3 Å². The van der Waals surface area contributed by atoms with Crippen LogP contribution in [0.2, 0.25) is 0 Å². The lowest BCUT2D eigenvalue weighted by atomic mass is 10.0. The van der Waals surface area contributed by atoms with Crippen LogP contribution in [0.3, 0.4) is 0 Å².